The molecule has 2 aromatic rings. The second-order valence-electron chi connectivity index (χ2n) is 4.61. The predicted molar refractivity (Wildman–Crippen MR) is 87.9 cm³/mol. The Balaban J connectivity index is 2.14. The van der Waals surface area contributed by atoms with Gasteiger partial charge in [0, 0.05) is 10.6 Å². The molecule has 3 heteroatoms. The van der Waals surface area contributed by atoms with E-state index in [1.807, 2.05) is 12.1 Å². The van der Waals surface area contributed by atoms with E-state index in [-0.39, 0.29) is 0 Å². The lowest BCUT2D eigenvalue weighted by molar-refractivity contribution is 0.414. The Labute approximate surface area is 125 Å². The second-order valence-corrected chi connectivity index (χ2v) is 5.49. The number of thioether (sulfide) groups is 1. The average molecular weight is 287 g/mol. The van der Waals surface area contributed by atoms with Crippen molar-refractivity contribution in [2.24, 2.45) is 0 Å². The van der Waals surface area contributed by atoms with Crippen molar-refractivity contribution in [3.8, 4) is 5.75 Å². The summed E-state index contributed by atoms with van der Waals surface area (Å²) in [6, 6.07) is 17.1. The number of anilines is 1. The van der Waals surface area contributed by atoms with Crippen LogP contribution in [0.1, 0.15) is 24.9 Å². The monoisotopic (exact) mass is 287 g/mol. The van der Waals surface area contributed by atoms with E-state index in [9.17, 15) is 0 Å². The van der Waals surface area contributed by atoms with Crippen LogP contribution in [0.15, 0.2) is 53.4 Å². The van der Waals surface area contributed by atoms with E-state index < -0.39 is 0 Å². The minimum Gasteiger partial charge on any atom is -0.497 e. The summed E-state index contributed by atoms with van der Waals surface area (Å²) in [4.78, 5) is 1.28. The summed E-state index contributed by atoms with van der Waals surface area (Å²) >= 11 is 1.76. The maximum absolute atomic E-state index is 5.21. The molecule has 0 amide bonds. The van der Waals surface area contributed by atoms with Crippen LogP contribution in [0.2, 0.25) is 0 Å². The molecule has 0 saturated carbocycles. The predicted octanol–water partition coefficient (Wildman–Crippen LogP) is 4.98. The van der Waals surface area contributed by atoms with Crippen molar-refractivity contribution < 1.29 is 4.74 Å². The lowest BCUT2D eigenvalue weighted by Crippen LogP contribution is -2.09. The van der Waals surface area contributed by atoms with Crippen molar-refractivity contribution in [1.82, 2.24) is 0 Å². The normalized spacial score (nSPS) is 11.9. The van der Waals surface area contributed by atoms with Gasteiger partial charge in [0.15, 0.2) is 0 Å². The second kappa shape index (κ2) is 7.25. The van der Waals surface area contributed by atoms with Gasteiger partial charge in [-0.3, -0.25) is 0 Å². The topological polar surface area (TPSA) is 21.3 Å². The van der Waals surface area contributed by atoms with E-state index in [2.05, 4.69) is 54.9 Å². The van der Waals surface area contributed by atoms with Crippen molar-refractivity contribution in [3.05, 3.63) is 54.1 Å². The first-order valence-corrected chi connectivity index (χ1v) is 8.03. The van der Waals surface area contributed by atoms with Crippen molar-refractivity contribution in [2.45, 2.75) is 24.3 Å². The van der Waals surface area contributed by atoms with E-state index in [0.29, 0.717) is 6.04 Å². The Morgan fingerprint density at radius 3 is 2.50 bits per heavy atom. The fraction of sp³-hybridized carbons (Fsp3) is 0.294. The Kier molecular flexibility index (Phi) is 5.36. The number of nitrogens with one attached hydrogen (secondary N) is 1. The van der Waals surface area contributed by atoms with Crippen LogP contribution in [0.25, 0.3) is 0 Å². The third-order valence-corrected chi connectivity index (χ3v) is 4.06. The van der Waals surface area contributed by atoms with E-state index in [4.69, 9.17) is 4.74 Å². The summed E-state index contributed by atoms with van der Waals surface area (Å²) in [5.41, 5.74) is 2.45. The Bertz CT molecular complexity index is 539. The third-order valence-electron chi connectivity index (χ3n) is 3.34. The lowest BCUT2D eigenvalue weighted by atomic mass is 10.0. The van der Waals surface area contributed by atoms with Gasteiger partial charge in [0.05, 0.1) is 13.2 Å². The van der Waals surface area contributed by atoms with Crippen LogP contribution < -0.4 is 10.1 Å². The van der Waals surface area contributed by atoms with Gasteiger partial charge >= 0.3 is 0 Å². The molecule has 1 unspecified atom stereocenters. The molecule has 1 atom stereocenters. The van der Waals surface area contributed by atoms with Crippen molar-refractivity contribution >= 4 is 17.4 Å². The molecule has 0 aliphatic heterocycles. The minimum absolute atomic E-state index is 0.318. The highest BCUT2D eigenvalue weighted by Crippen LogP contribution is 2.26. The Morgan fingerprint density at radius 2 is 1.90 bits per heavy atom. The average Bonchev–Trinajstić information content (AvgIpc) is 2.53. The Morgan fingerprint density at radius 1 is 1.15 bits per heavy atom. The molecule has 2 nitrogen and oxygen atoms in total. The molecular formula is C17H21NOS. The van der Waals surface area contributed by atoms with Crippen molar-refractivity contribution in [1.29, 1.82) is 0 Å². The molecule has 0 aliphatic carbocycles. The van der Waals surface area contributed by atoms with E-state index in [0.717, 1.165) is 12.2 Å². The molecule has 0 fully saturated rings. The van der Waals surface area contributed by atoms with Crippen LogP contribution in [-0.4, -0.2) is 13.4 Å². The number of benzene rings is 2. The highest BCUT2D eigenvalue weighted by molar-refractivity contribution is 7.98. The fourth-order valence-electron chi connectivity index (χ4n) is 2.17. The number of methoxy groups -OCH3 is 1. The van der Waals surface area contributed by atoms with Crippen LogP contribution in [0, 0.1) is 0 Å². The summed E-state index contributed by atoms with van der Waals surface area (Å²) in [7, 11) is 1.69. The minimum atomic E-state index is 0.318. The first kappa shape index (κ1) is 14.8. The van der Waals surface area contributed by atoms with Gasteiger partial charge in [-0.1, -0.05) is 25.1 Å². The maximum Gasteiger partial charge on any atom is 0.118 e. The van der Waals surface area contributed by atoms with Crippen LogP contribution in [0.5, 0.6) is 5.75 Å². The first-order chi connectivity index (χ1) is 9.76. The summed E-state index contributed by atoms with van der Waals surface area (Å²) in [5, 5.41) is 3.60. The third kappa shape index (κ3) is 3.70. The van der Waals surface area contributed by atoms with Gasteiger partial charge in [0.25, 0.3) is 0 Å². The van der Waals surface area contributed by atoms with Gasteiger partial charge in [-0.15, -0.1) is 11.8 Å². The van der Waals surface area contributed by atoms with Crippen molar-refractivity contribution in [2.75, 3.05) is 18.7 Å². The molecule has 0 heterocycles. The maximum atomic E-state index is 5.21. The summed E-state index contributed by atoms with van der Waals surface area (Å²) in [6.07, 6.45) is 3.13. The summed E-state index contributed by atoms with van der Waals surface area (Å²) < 4.78 is 5.21. The van der Waals surface area contributed by atoms with Crippen LogP contribution >= 0.6 is 11.8 Å². The largest absolute Gasteiger partial charge is 0.497 e. The number of ether oxygens (including phenoxy) is 1. The molecule has 2 aromatic carbocycles. The van der Waals surface area contributed by atoms with Gasteiger partial charge in [-0.2, -0.15) is 0 Å². The molecule has 0 radical (unpaired) electrons. The molecule has 0 aromatic heterocycles. The summed E-state index contributed by atoms with van der Waals surface area (Å²) in [6.45, 7) is 2.19. The zero-order chi connectivity index (χ0) is 14.4. The molecule has 106 valence electrons. The Hall–Kier alpha value is -1.61. The highest BCUT2D eigenvalue weighted by atomic mass is 32.2. The van der Waals surface area contributed by atoms with Crippen LogP contribution in [0.4, 0.5) is 5.69 Å². The lowest BCUT2D eigenvalue weighted by Gasteiger charge is -2.19. The molecule has 2 rings (SSSR count). The zero-order valence-electron chi connectivity index (χ0n) is 12.2. The van der Waals surface area contributed by atoms with Gasteiger partial charge < -0.3 is 10.1 Å². The van der Waals surface area contributed by atoms with Gasteiger partial charge in [-0.05, 0) is 48.6 Å². The standard InChI is InChI=1S/C17H21NOS/c1-4-17(13-8-10-15(19-2)11-9-13)18-14-6-5-7-16(12-14)20-3/h5-12,17-18H,4H2,1-3H3. The summed E-state index contributed by atoms with van der Waals surface area (Å²) in [5.74, 6) is 0.896. The zero-order valence-corrected chi connectivity index (χ0v) is 13.0. The number of hydrogen-bond acceptors (Lipinski definition) is 3. The van der Waals surface area contributed by atoms with Gasteiger partial charge in [0.1, 0.15) is 5.75 Å². The molecule has 0 aliphatic rings. The van der Waals surface area contributed by atoms with E-state index >= 15 is 0 Å². The molecule has 20 heavy (non-hydrogen) atoms. The highest BCUT2D eigenvalue weighted by Gasteiger charge is 2.09. The van der Waals surface area contributed by atoms with Crippen molar-refractivity contribution in [3.63, 3.8) is 0 Å². The molecule has 0 saturated heterocycles. The quantitative estimate of drug-likeness (QED) is 0.757. The first-order valence-electron chi connectivity index (χ1n) is 6.81. The number of rotatable bonds is 6. The SMILES string of the molecule is CCC(Nc1cccc(SC)c1)c1ccc(OC)cc1. The smallest absolute Gasteiger partial charge is 0.118 e. The molecule has 0 bridgehead atoms. The van der Waals surface area contributed by atoms with Gasteiger partial charge in [-0.25, -0.2) is 0 Å². The molecule has 0 spiro atoms. The van der Waals surface area contributed by atoms with Crippen LogP contribution in [-0.2, 0) is 0 Å². The van der Waals surface area contributed by atoms with E-state index in [1.54, 1.807) is 18.9 Å². The van der Waals surface area contributed by atoms with Crippen LogP contribution in [0.3, 0.4) is 0 Å². The molecule has 1 N–H and O–H groups in total. The number of hydrogen-bond donors (Lipinski definition) is 1. The fourth-order valence-corrected chi connectivity index (χ4v) is 2.63. The van der Waals surface area contributed by atoms with E-state index in [1.165, 1.54) is 16.1 Å². The van der Waals surface area contributed by atoms with Gasteiger partial charge in [0.2, 0.25) is 0 Å². The molecular weight excluding hydrogens is 266 g/mol.